The van der Waals surface area contributed by atoms with Gasteiger partial charge in [0.25, 0.3) is 5.60 Å². The van der Waals surface area contributed by atoms with E-state index in [0.717, 1.165) is 32.1 Å². The third kappa shape index (κ3) is 5.35. The van der Waals surface area contributed by atoms with Crippen molar-refractivity contribution in [1.29, 1.82) is 0 Å². The molecular weight excluding hydrogens is 386 g/mol. The highest BCUT2D eigenvalue weighted by Gasteiger charge is 2.75. The van der Waals surface area contributed by atoms with Gasteiger partial charge in [0.1, 0.15) is 0 Å². The molecule has 2 aliphatic carbocycles. The van der Waals surface area contributed by atoms with E-state index in [2.05, 4.69) is 0 Å². The van der Waals surface area contributed by atoms with Crippen LogP contribution in [0, 0.1) is 11.8 Å². The zero-order valence-electron chi connectivity index (χ0n) is 16.7. The molecule has 0 aromatic heterocycles. The summed E-state index contributed by atoms with van der Waals surface area (Å²) in [6.07, 6.45) is -5.59. The Labute approximate surface area is 163 Å². The molecule has 2 rings (SSSR count). The van der Waals surface area contributed by atoms with Crippen molar-refractivity contribution in [2.75, 3.05) is 6.61 Å². The van der Waals surface area contributed by atoms with Gasteiger partial charge in [-0.25, -0.2) is 0 Å². The largest absolute Gasteiger partial charge is 0.426 e. The molecule has 2 aliphatic rings. The van der Waals surface area contributed by atoms with Crippen molar-refractivity contribution in [3.05, 3.63) is 0 Å². The van der Waals surface area contributed by atoms with Gasteiger partial charge in [-0.05, 0) is 44.4 Å². The lowest BCUT2D eigenvalue weighted by Gasteiger charge is -2.45. The fraction of sp³-hybridized carbons (Fsp3) is 1.00. The highest BCUT2D eigenvalue weighted by Crippen LogP contribution is 2.54. The fourth-order valence-electron chi connectivity index (χ4n) is 4.38. The number of hydrogen-bond donors (Lipinski definition) is 0. The van der Waals surface area contributed by atoms with Gasteiger partial charge in [-0.3, -0.25) is 0 Å². The molecule has 1 unspecified atom stereocenters. The minimum absolute atomic E-state index is 0.0898. The molecule has 2 saturated carbocycles. The van der Waals surface area contributed by atoms with Crippen molar-refractivity contribution >= 4 is 0 Å². The first-order chi connectivity index (χ1) is 13.0. The average Bonchev–Trinajstić information content (AvgIpc) is 2.61. The highest BCUT2D eigenvalue weighted by atomic mass is 19.4. The van der Waals surface area contributed by atoms with Crippen molar-refractivity contribution in [2.45, 2.75) is 108 Å². The third-order valence-electron chi connectivity index (χ3n) is 6.32. The molecule has 0 radical (unpaired) electrons. The van der Waals surface area contributed by atoms with Crippen LogP contribution in [0.15, 0.2) is 0 Å². The lowest BCUT2D eigenvalue weighted by atomic mass is 9.74. The maximum absolute atomic E-state index is 13.8. The second-order valence-electron chi connectivity index (χ2n) is 8.43. The Morgan fingerprint density at radius 3 is 1.75 bits per heavy atom. The van der Waals surface area contributed by atoms with Crippen molar-refractivity contribution in [3.63, 3.8) is 0 Å². The maximum Gasteiger partial charge on any atom is 0.426 e. The van der Waals surface area contributed by atoms with Crippen molar-refractivity contribution in [3.8, 4) is 0 Å². The van der Waals surface area contributed by atoms with E-state index in [9.17, 15) is 26.3 Å². The van der Waals surface area contributed by atoms with Crippen LogP contribution in [0.5, 0.6) is 0 Å². The smallest absolute Gasteiger partial charge is 0.375 e. The van der Waals surface area contributed by atoms with Crippen molar-refractivity contribution in [2.24, 2.45) is 11.8 Å². The van der Waals surface area contributed by atoms with Crippen LogP contribution >= 0.6 is 0 Å². The SMILES string of the molecule is CCC(C)COC(C1CCC(OC2CCCCC2)CC1)(C(F)(F)F)C(F)(F)F. The zero-order valence-corrected chi connectivity index (χ0v) is 16.7. The Balaban J connectivity index is 2.10. The van der Waals surface area contributed by atoms with Gasteiger partial charge in [0, 0.05) is 5.92 Å². The van der Waals surface area contributed by atoms with Gasteiger partial charge < -0.3 is 9.47 Å². The molecule has 0 bridgehead atoms. The molecule has 2 fully saturated rings. The van der Waals surface area contributed by atoms with Gasteiger partial charge in [0.2, 0.25) is 0 Å². The minimum atomic E-state index is -5.51. The van der Waals surface area contributed by atoms with Crippen LogP contribution < -0.4 is 0 Å². The van der Waals surface area contributed by atoms with Crippen molar-refractivity contribution < 1.29 is 35.8 Å². The Bertz CT molecular complexity index is 448. The van der Waals surface area contributed by atoms with E-state index in [4.69, 9.17) is 9.47 Å². The fourth-order valence-corrected chi connectivity index (χ4v) is 4.38. The molecule has 0 heterocycles. The summed E-state index contributed by atoms with van der Waals surface area (Å²) >= 11 is 0. The topological polar surface area (TPSA) is 18.5 Å². The molecular formula is C20H32F6O2. The van der Waals surface area contributed by atoms with Crippen LogP contribution in [-0.2, 0) is 9.47 Å². The number of ether oxygens (including phenoxy) is 2. The van der Waals surface area contributed by atoms with Crippen LogP contribution in [0.3, 0.4) is 0 Å². The summed E-state index contributed by atoms with van der Waals surface area (Å²) in [7, 11) is 0. The molecule has 0 aliphatic heterocycles. The van der Waals surface area contributed by atoms with Crippen LogP contribution in [0.1, 0.15) is 78.1 Å². The Morgan fingerprint density at radius 2 is 1.29 bits per heavy atom. The number of hydrogen-bond acceptors (Lipinski definition) is 2. The van der Waals surface area contributed by atoms with Gasteiger partial charge in [-0.1, -0.05) is 39.5 Å². The Morgan fingerprint density at radius 1 is 0.786 bits per heavy atom. The monoisotopic (exact) mass is 418 g/mol. The molecule has 28 heavy (non-hydrogen) atoms. The second-order valence-corrected chi connectivity index (χ2v) is 8.43. The van der Waals surface area contributed by atoms with E-state index in [1.807, 2.05) is 0 Å². The van der Waals surface area contributed by atoms with E-state index >= 15 is 0 Å². The summed E-state index contributed by atoms with van der Waals surface area (Å²) in [6.45, 7) is 2.74. The van der Waals surface area contributed by atoms with Gasteiger partial charge in [-0.15, -0.1) is 0 Å². The van der Waals surface area contributed by atoms with Crippen LogP contribution in [0.2, 0.25) is 0 Å². The number of alkyl halides is 6. The normalized spacial score (nSPS) is 27.0. The lowest BCUT2D eigenvalue weighted by Crippen LogP contribution is -2.64. The van der Waals surface area contributed by atoms with Crippen LogP contribution in [0.4, 0.5) is 26.3 Å². The Kier molecular flexibility index (Phi) is 8.10. The zero-order chi connectivity index (χ0) is 21.0. The first kappa shape index (κ1) is 23.8. The van der Waals surface area contributed by atoms with E-state index in [1.54, 1.807) is 13.8 Å². The summed E-state index contributed by atoms with van der Waals surface area (Å²) in [6, 6.07) is 0. The second kappa shape index (κ2) is 9.54. The summed E-state index contributed by atoms with van der Waals surface area (Å²) in [5, 5.41) is 0. The summed E-state index contributed by atoms with van der Waals surface area (Å²) in [4.78, 5) is 0. The van der Waals surface area contributed by atoms with Crippen molar-refractivity contribution in [1.82, 2.24) is 0 Å². The van der Waals surface area contributed by atoms with Crippen LogP contribution in [0.25, 0.3) is 0 Å². The van der Waals surface area contributed by atoms with Gasteiger partial charge in [-0.2, -0.15) is 26.3 Å². The van der Waals surface area contributed by atoms with Gasteiger partial charge in [0.15, 0.2) is 0 Å². The van der Waals surface area contributed by atoms with E-state index in [1.165, 1.54) is 0 Å². The predicted octanol–water partition coefficient (Wildman–Crippen LogP) is 6.82. The van der Waals surface area contributed by atoms with Crippen LogP contribution in [-0.4, -0.2) is 36.8 Å². The van der Waals surface area contributed by atoms with E-state index < -0.39 is 30.5 Å². The standard InChI is InChI=1S/C20H32F6O2/c1-3-14(2)13-27-18(19(21,22)23,20(24,25)26)15-9-11-17(12-10-15)28-16-7-5-4-6-8-16/h14-17H,3-13H2,1-2H3. The molecule has 2 nitrogen and oxygen atoms in total. The minimum Gasteiger partial charge on any atom is -0.375 e. The molecule has 0 saturated heterocycles. The first-order valence-electron chi connectivity index (χ1n) is 10.4. The number of halogens is 6. The summed E-state index contributed by atoms with van der Waals surface area (Å²) in [5.41, 5.74) is -4.10. The van der Waals surface area contributed by atoms with Gasteiger partial charge >= 0.3 is 12.4 Å². The molecule has 166 valence electrons. The molecule has 0 N–H and O–H groups in total. The van der Waals surface area contributed by atoms with E-state index in [-0.39, 0.29) is 43.8 Å². The van der Waals surface area contributed by atoms with E-state index in [0.29, 0.717) is 6.42 Å². The molecule has 8 heteroatoms. The predicted molar refractivity (Wildman–Crippen MR) is 94.0 cm³/mol. The summed E-state index contributed by atoms with van der Waals surface area (Å²) in [5.74, 6) is -2.02. The molecule has 0 aromatic rings. The molecule has 1 atom stereocenters. The van der Waals surface area contributed by atoms with Gasteiger partial charge in [0.05, 0.1) is 18.8 Å². The molecule has 0 aromatic carbocycles. The first-order valence-corrected chi connectivity index (χ1v) is 10.4. The lowest BCUT2D eigenvalue weighted by molar-refractivity contribution is -0.402. The quantitative estimate of drug-likeness (QED) is 0.422. The maximum atomic E-state index is 13.8. The number of rotatable bonds is 7. The third-order valence-corrected chi connectivity index (χ3v) is 6.32. The molecule has 0 spiro atoms. The summed E-state index contributed by atoms with van der Waals surface area (Å²) < 4.78 is 93.5. The average molecular weight is 418 g/mol. The Hall–Kier alpha value is -0.500. The molecule has 0 amide bonds. The highest BCUT2D eigenvalue weighted by molar-refractivity contribution is 5.03.